The van der Waals surface area contributed by atoms with Crippen LogP contribution in [0.3, 0.4) is 0 Å². The average Bonchev–Trinajstić information content (AvgIpc) is 2.97. The van der Waals surface area contributed by atoms with Gasteiger partial charge in [-0.2, -0.15) is 0 Å². The standard InChI is InChI=1S/C15H15N5/c16-13-6-11-5-9(1-3-12(11)18-13)10-2-4-15-19-14(17)8-20(15)7-10/h1-5,7,14H,6,8,17H2,(H2,16,18). The molecule has 3 heterocycles. The Balaban J connectivity index is 1.68. The van der Waals surface area contributed by atoms with E-state index in [4.69, 9.17) is 11.5 Å². The summed E-state index contributed by atoms with van der Waals surface area (Å²) in [5, 5.41) is 0. The molecule has 0 aliphatic carbocycles. The molecule has 4 N–H and O–H groups in total. The molecule has 0 radical (unpaired) electrons. The first-order chi connectivity index (χ1) is 9.69. The lowest BCUT2D eigenvalue weighted by atomic mass is 10.00. The van der Waals surface area contributed by atoms with Crippen molar-refractivity contribution >= 4 is 22.9 Å². The Morgan fingerprint density at radius 3 is 3.05 bits per heavy atom. The number of aliphatic imine (C=N–C) groups is 2. The second-order valence-corrected chi connectivity index (χ2v) is 5.25. The highest BCUT2D eigenvalue weighted by Gasteiger charge is 2.22. The molecule has 0 bridgehead atoms. The summed E-state index contributed by atoms with van der Waals surface area (Å²) in [6.07, 6.45) is 6.81. The number of fused-ring (bicyclic) bond motifs is 2. The van der Waals surface area contributed by atoms with Crippen molar-refractivity contribution in [2.75, 3.05) is 6.54 Å². The molecule has 0 saturated carbocycles. The molecule has 0 fully saturated rings. The molecule has 3 aliphatic heterocycles. The zero-order valence-electron chi connectivity index (χ0n) is 11.0. The molecular formula is C15H15N5. The fourth-order valence-electron chi connectivity index (χ4n) is 2.79. The fourth-order valence-corrected chi connectivity index (χ4v) is 2.79. The third kappa shape index (κ3) is 1.75. The maximum absolute atomic E-state index is 5.85. The normalized spacial score (nSPS) is 23.1. The predicted octanol–water partition coefficient (Wildman–Crippen LogP) is 1.14. The van der Waals surface area contributed by atoms with E-state index in [2.05, 4.69) is 39.3 Å². The van der Waals surface area contributed by atoms with E-state index in [-0.39, 0.29) is 6.17 Å². The second-order valence-electron chi connectivity index (χ2n) is 5.25. The molecule has 5 heteroatoms. The highest BCUT2D eigenvalue weighted by atomic mass is 15.3. The van der Waals surface area contributed by atoms with E-state index in [0.717, 1.165) is 30.1 Å². The summed E-state index contributed by atoms with van der Waals surface area (Å²) in [5.41, 5.74) is 16.1. The first-order valence-corrected chi connectivity index (χ1v) is 6.65. The van der Waals surface area contributed by atoms with Gasteiger partial charge in [-0.05, 0) is 41.0 Å². The topological polar surface area (TPSA) is 80.0 Å². The van der Waals surface area contributed by atoms with E-state index in [1.54, 1.807) is 0 Å². The molecule has 0 aromatic heterocycles. The van der Waals surface area contributed by atoms with Gasteiger partial charge < -0.3 is 16.4 Å². The Hall–Kier alpha value is -2.40. The molecule has 5 nitrogen and oxygen atoms in total. The van der Waals surface area contributed by atoms with Crippen LogP contribution in [0.5, 0.6) is 0 Å². The fraction of sp³-hybridized carbons (Fsp3) is 0.200. The minimum atomic E-state index is -0.126. The van der Waals surface area contributed by atoms with E-state index < -0.39 is 0 Å². The van der Waals surface area contributed by atoms with Gasteiger partial charge in [-0.1, -0.05) is 6.07 Å². The van der Waals surface area contributed by atoms with Crippen molar-refractivity contribution in [2.24, 2.45) is 21.5 Å². The number of amidine groups is 2. The van der Waals surface area contributed by atoms with Crippen molar-refractivity contribution in [3.8, 4) is 0 Å². The van der Waals surface area contributed by atoms with E-state index >= 15 is 0 Å². The van der Waals surface area contributed by atoms with Crippen molar-refractivity contribution in [3.05, 3.63) is 47.7 Å². The molecule has 1 unspecified atom stereocenters. The van der Waals surface area contributed by atoms with Gasteiger partial charge in [0, 0.05) is 12.6 Å². The first kappa shape index (κ1) is 11.4. The summed E-state index contributed by atoms with van der Waals surface area (Å²) < 4.78 is 0. The molecular weight excluding hydrogens is 250 g/mol. The molecule has 0 amide bonds. The minimum absolute atomic E-state index is 0.126. The van der Waals surface area contributed by atoms with Gasteiger partial charge in [0.15, 0.2) is 0 Å². The lowest BCUT2D eigenvalue weighted by molar-refractivity contribution is 0.548. The van der Waals surface area contributed by atoms with E-state index in [0.29, 0.717) is 5.84 Å². The molecule has 0 saturated heterocycles. The second kappa shape index (κ2) is 4.05. The van der Waals surface area contributed by atoms with E-state index in [1.165, 1.54) is 11.1 Å². The number of rotatable bonds is 1. The highest BCUT2D eigenvalue weighted by molar-refractivity contribution is 6.01. The molecule has 100 valence electrons. The zero-order valence-corrected chi connectivity index (χ0v) is 11.0. The number of hydrogen-bond acceptors (Lipinski definition) is 5. The van der Waals surface area contributed by atoms with Gasteiger partial charge in [-0.3, -0.25) is 0 Å². The third-order valence-electron chi connectivity index (χ3n) is 3.73. The van der Waals surface area contributed by atoms with E-state index in [9.17, 15) is 0 Å². The van der Waals surface area contributed by atoms with E-state index in [1.807, 2.05) is 12.1 Å². The monoisotopic (exact) mass is 265 g/mol. The molecule has 0 spiro atoms. The van der Waals surface area contributed by atoms with Crippen molar-refractivity contribution in [3.63, 3.8) is 0 Å². The summed E-state index contributed by atoms with van der Waals surface area (Å²) in [6.45, 7) is 0.740. The molecule has 4 rings (SSSR count). The number of benzene rings is 1. The van der Waals surface area contributed by atoms with Gasteiger partial charge in [0.25, 0.3) is 0 Å². The summed E-state index contributed by atoms with van der Waals surface area (Å²) in [5.74, 6) is 1.63. The maximum atomic E-state index is 5.85. The van der Waals surface area contributed by atoms with Gasteiger partial charge >= 0.3 is 0 Å². The van der Waals surface area contributed by atoms with Crippen LogP contribution in [-0.2, 0) is 6.42 Å². The number of hydrogen-bond donors (Lipinski definition) is 2. The van der Waals surface area contributed by atoms with Gasteiger partial charge in [-0.25, -0.2) is 9.98 Å². The Morgan fingerprint density at radius 1 is 1.25 bits per heavy atom. The molecule has 3 aliphatic rings. The van der Waals surface area contributed by atoms with Crippen molar-refractivity contribution in [1.29, 1.82) is 0 Å². The van der Waals surface area contributed by atoms with Gasteiger partial charge in [0.1, 0.15) is 17.8 Å². The maximum Gasteiger partial charge on any atom is 0.129 e. The van der Waals surface area contributed by atoms with Crippen LogP contribution in [0.1, 0.15) is 11.1 Å². The van der Waals surface area contributed by atoms with Crippen LogP contribution in [0.15, 0.2) is 46.5 Å². The molecule has 1 aromatic carbocycles. The predicted molar refractivity (Wildman–Crippen MR) is 80.7 cm³/mol. The smallest absolute Gasteiger partial charge is 0.129 e. The van der Waals surface area contributed by atoms with Crippen LogP contribution < -0.4 is 11.5 Å². The largest absolute Gasteiger partial charge is 0.387 e. The first-order valence-electron chi connectivity index (χ1n) is 6.65. The van der Waals surface area contributed by atoms with Gasteiger partial charge in [-0.15, -0.1) is 0 Å². The molecule has 20 heavy (non-hydrogen) atoms. The summed E-state index contributed by atoms with van der Waals surface area (Å²) in [4.78, 5) is 10.8. The van der Waals surface area contributed by atoms with Crippen LogP contribution in [0, 0.1) is 0 Å². The number of nitrogens with zero attached hydrogens (tertiary/aromatic N) is 3. The SMILES string of the molecule is NC1=Nc2ccc(C3=CN4CC(N)N=C4C=C3)cc2C1. The Kier molecular flexibility index (Phi) is 2.31. The lowest BCUT2D eigenvalue weighted by Crippen LogP contribution is -2.28. The van der Waals surface area contributed by atoms with Crippen molar-refractivity contribution in [1.82, 2.24) is 4.90 Å². The quantitative estimate of drug-likeness (QED) is 0.799. The summed E-state index contributed by atoms with van der Waals surface area (Å²) >= 11 is 0. The lowest BCUT2D eigenvalue weighted by Gasteiger charge is -2.19. The van der Waals surface area contributed by atoms with Crippen LogP contribution in [-0.4, -0.2) is 29.3 Å². The van der Waals surface area contributed by atoms with Crippen molar-refractivity contribution in [2.45, 2.75) is 12.6 Å². The average molecular weight is 265 g/mol. The van der Waals surface area contributed by atoms with Crippen LogP contribution in [0.4, 0.5) is 5.69 Å². The summed E-state index contributed by atoms with van der Waals surface area (Å²) in [7, 11) is 0. The molecule has 1 atom stereocenters. The third-order valence-corrected chi connectivity index (χ3v) is 3.73. The highest BCUT2D eigenvalue weighted by Crippen LogP contribution is 2.30. The van der Waals surface area contributed by atoms with Crippen LogP contribution in [0.25, 0.3) is 5.57 Å². The van der Waals surface area contributed by atoms with Gasteiger partial charge in [0.05, 0.1) is 12.2 Å². The number of nitrogens with two attached hydrogens (primary N) is 2. The Labute approximate surface area is 117 Å². The van der Waals surface area contributed by atoms with Crippen molar-refractivity contribution < 1.29 is 0 Å². The number of allylic oxidation sites excluding steroid dienone is 2. The Morgan fingerprint density at radius 2 is 2.15 bits per heavy atom. The van der Waals surface area contributed by atoms with Crippen LogP contribution >= 0.6 is 0 Å². The molecule has 1 aromatic rings. The van der Waals surface area contributed by atoms with Crippen LogP contribution in [0.2, 0.25) is 0 Å². The van der Waals surface area contributed by atoms with Gasteiger partial charge in [0.2, 0.25) is 0 Å². The minimum Gasteiger partial charge on any atom is -0.387 e. The Bertz CT molecular complexity index is 711. The summed E-state index contributed by atoms with van der Waals surface area (Å²) in [6, 6.07) is 6.26. The zero-order chi connectivity index (χ0) is 13.7.